The van der Waals surface area contributed by atoms with Crippen LogP contribution >= 0.6 is 12.4 Å². The summed E-state index contributed by atoms with van der Waals surface area (Å²) in [6.45, 7) is 1.24. The number of nitrogens with one attached hydrogen (secondary N) is 2. The van der Waals surface area contributed by atoms with Gasteiger partial charge in [-0.1, -0.05) is 5.16 Å². The molecule has 0 aliphatic carbocycles. The van der Waals surface area contributed by atoms with Gasteiger partial charge in [-0.3, -0.25) is 4.79 Å². The lowest BCUT2D eigenvalue weighted by Gasteiger charge is -2.00. The highest BCUT2D eigenvalue weighted by atomic mass is 35.5. The number of nitrogens with zero attached hydrogens (tertiary/aromatic N) is 1. The molecule has 0 spiro atoms. The van der Waals surface area contributed by atoms with Crippen LogP contribution in [0.15, 0.2) is 33.4 Å². The lowest BCUT2D eigenvalue weighted by atomic mass is 10.3. The lowest BCUT2D eigenvalue weighted by molar-refractivity contribution is 0.0945. The number of rotatable bonds is 5. The van der Waals surface area contributed by atoms with E-state index in [-0.39, 0.29) is 24.0 Å². The van der Waals surface area contributed by atoms with Crippen LogP contribution in [0.2, 0.25) is 0 Å². The summed E-state index contributed by atoms with van der Waals surface area (Å²) >= 11 is 0. The Balaban J connectivity index is 0.00000162. The zero-order valence-electron chi connectivity index (χ0n) is 9.80. The number of carbonyl (C=O) groups excluding carboxylic acids is 1. The number of aromatic nitrogens is 1. The maximum atomic E-state index is 11.6. The normalized spacial score (nSPS) is 9.83. The molecule has 0 atom stereocenters. The Morgan fingerprint density at radius 3 is 2.89 bits per heavy atom. The third kappa shape index (κ3) is 3.35. The molecule has 0 fully saturated rings. The maximum Gasteiger partial charge on any atom is 0.273 e. The van der Waals surface area contributed by atoms with Gasteiger partial charge in [-0.15, -0.1) is 12.4 Å². The van der Waals surface area contributed by atoms with E-state index in [1.807, 2.05) is 7.05 Å². The van der Waals surface area contributed by atoms with Crippen LogP contribution in [-0.2, 0) is 0 Å². The molecule has 2 aromatic heterocycles. The van der Waals surface area contributed by atoms with Crippen molar-refractivity contribution in [3.05, 3.63) is 30.2 Å². The van der Waals surface area contributed by atoms with Crippen LogP contribution in [0.1, 0.15) is 10.5 Å². The van der Waals surface area contributed by atoms with Gasteiger partial charge in [-0.2, -0.15) is 0 Å². The molecular weight excluding hydrogens is 258 g/mol. The minimum atomic E-state index is -0.262. The summed E-state index contributed by atoms with van der Waals surface area (Å²) in [6.07, 6.45) is 1.53. The minimum absolute atomic E-state index is 0. The molecular formula is C11H14ClN3O3. The number of likely N-dealkylation sites (N-methyl/N-ethyl adjacent to an activating group) is 1. The first kappa shape index (κ1) is 14.3. The summed E-state index contributed by atoms with van der Waals surface area (Å²) in [7, 11) is 1.82. The molecule has 0 bridgehead atoms. The molecule has 7 heteroatoms. The molecule has 0 unspecified atom stereocenters. The Labute approximate surface area is 110 Å². The molecule has 6 nitrogen and oxygen atoms in total. The fourth-order valence-electron chi connectivity index (χ4n) is 1.31. The van der Waals surface area contributed by atoms with E-state index < -0.39 is 0 Å². The summed E-state index contributed by atoms with van der Waals surface area (Å²) in [5.41, 5.74) is 0.243. The first-order valence-corrected chi connectivity index (χ1v) is 5.24. The van der Waals surface area contributed by atoms with E-state index in [2.05, 4.69) is 15.8 Å². The molecule has 98 valence electrons. The Bertz CT molecular complexity index is 481. The predicted molar refractivity (Wildman–Crippen MR) is 67.7 cm³/mol. The largest absolute Gasteiger partial charge is 0.461 e. The van der Waals surface area contributed by atoms with Crippen molar-refractivity contribution in [1.29, 1.82) is 0 Å². The van der Waals surface area contributed by atoms with Crippen LogP contribution in [0, 0.1) is 0 Å². The summed E-state index contributed by atoms with van der Waals surface area (Å²) in [6, 6.07) is 5.03. The number of amides is 1. The van der Waals surface area contributed by atoms with Crippen LogP contribution < -0.4 is 10.6 Å². The van der Waals surface area contributed by atoms with Crippen molar-refractivity contribution in [3.8, 4) is 11.5 Å². The third-order valence-electron chi connectivity index (χ3n) is 2.17. The minimum Gasteiger partial charge on any atom is -0.461 e. The molecule has 1 amide bonds. The maximum absolute atomic E-state index is 11.6. The van der Waals surface area contributed by atoms with E-state index in [4.69, 9.17) is 8.94 Å². The third-order valence-corrected chi connectivity index (χ3v) is 2.17. The van der Waals surface area contributed by atoms with Gasteiger partial charge >= 0.3 is 0 Å². The fourth-order valence-corrected chi connectivity index (χ4v) is 1.31. The highest BCUT2D eigenvalue weighted by Gasteiger charge is 2.14. The van der Waals surface area contributed by atoms with Crippen molar-refractivity contribution >= 4 is 18.3 Å². The van der Waals surface area contributed by atoms with Crippen molar-refractivity contribution in [2.45, 2.75) is 0 Å². The number of furan rings is 1. The molecule has 2 heterocycles. The quantitative estimate of drug-likeness (QED) is 0.802. The molecule has 0 radical (unpaired) electrons. The van der Waals surface area contributed by atoms with Crippen LogP contribution in [0.25, 0.3) is 11.5 Å². The summed E-state index contributed by atoms with van der Waals surface area (Å²) in [5.74, 6) is 0.724. The molecule has 0 saturated carbocycles. The van der Waals surface area contributed by atoms with Gasteiger partial charge < -0.3 is 19.6 Å². The zero-order chi connectivity index (χ0) is 12.1. The molecule has 0 saturated heterocycles. The van der Waals surface area contributed by atoms with E-state index in [0.29, 0.717) is 24.6 Å². The Hall–Kier alpha value is -1.79. The van der Waals surface area contributed by atoms with Crippen molar-refractivity contribution in [3.63, 3.8) is 0 Å². The van der Waals surface area contributed by atoms with Gasteiger partial charge in [-0.25, -0.2) is 0 Å². The second-order valence-electron chi connectivity index (χ2n) is 3.41. The van der Waals surface area contributed by atoms with Crippen LogP contribution in [-0.4, -0.2) is 31.2 Å². The Kier molecular flexibility index (Phi) is 5.41. The van der Waals surface area contributed by atoms with Crippen LogP contribution in [0.5, 0.6) is 0 Å². The van der Waals surface area contributed by atoms with Gasteiger partial charge in [0.1, 0.15) is 0 Å². The zero-order valence-corrected chi connectivity index (χ0v) is 10.6. The van der Waals surface area contributed by atoms with Crippen LogP contribution in [0.4, 0.5) is 0 Å². The first-order chi connectivity index (χ1) is 8.31. The second-order valence-corrected chi connectivity index (χ2v) is 3.41. The molecule has 2 N–H and O–H groups in total. The van der Waals surface area contributed by atoms with Crippen LogP contribution in [0.3, 0.4) is 0 Å². The standard InChI is InChI=1S/C11H13N3O3.ClH/c1-12-4-5-13-11(15)8-7-10(17-14-8)9-3-2-6-16-9;/h2-3,6-7,12H,4-5H2,1H3,(H,13,15);1H. The topological polar surface area (TPSA) is 80.3 Å². The van der Waals surface area contributed by atoms with E-state index in [1.54, 1.807) is 18.2 Å². The average Bonchev–Trinajstić information content (AvgIpc) is 3.00. The molecule has 2 rings (SSSR count). The highest BCUT2D eigenvalue weighted by Crippen LogP contribution is 2.20. The van der Waals surface area contributed by atoms with Gasteiger partial charge in [0, 0.05) is 19.2 Å². The molecule has 0 aromatic carbocycles. The van der Waals surface area contributed by atoms with E-state index in [1.165, 1.54) is 6.26 Å². The molecule has 0 aliphatic rings. The number of halogens is 1. The average molecular weight is 272 g/mol. The SMILES string of the molecule is CNCCNC(=O)c1cc(-c2ccco2)on1.Cl. The molecule has 0 aliphatic heterocycles. The van der Waals surface area contributed by atoms with E-state index >= 15 is 0 Å². The van der Waals surface area contributed by atoms with Gasteiger partial charge in [-0.05, 0) is 19.2 Å². The van der Waals surface area contributed by atoms with Crippen molar-refractivity contribution in [2.75, 3.05) is 20.1 Å². The highest BCUT2D eigenvalue weighted by molar-refractivity contribution is 5.92. The smallest absolute Gasteiger partial charge is 0.273 e. The first-order valence-electron chi connectivity index (χ1n) is 5.24. The summed E-state index contributed by atoms with van der Waals surface area (Å²) in [4.78, 5) is 11.6. The van der Waals surface area contributed by atoms with E-state index in [0.717, 1.165) is 0 Å². The van der Waals surface area contributed by atoms with Crippen molar-refractivity contribution < 1.29 is 13.7 Å². The monoisotopic (exact) mass is 271 g/mol. The van der Waals surface area contributed by atoms with Crippen molar-refractivity contribution in [2.24, 2.45) is 0 Å². The van der Waals surface area contributed by atoms with Crippen molar-refractivity contribution in [1.82, 2.24) is 15.8 Å². The fraction of sp³-hybridized carbons (Fsp3) is 0.273. The van der Waals surface area contributed by atoms with Gasteiger partial charge in [0.2, 0.25) is 5.76 Å². The lowest BCUT2D eigenvalue weighted by Crippen LogP contribution is -2.30. The predicted octanol–water partition coefficient (Wildman–Crippen LogP) is 1.31. The molecule has 2 aromatic rings. The molecule has 18 heavy (non-hydrogen) atoms. The van der Waals surface area contributed by atoms with Gasteiger partial charge in [0.05, 0.1) is 6.26 Å². The summed E-state index contributed by atoms with van der Waals surface area (Å²) in [5, 5.41) is 9.32. The van der Waals surface area contributed by atoms with Gasteiger partial charge in [0.15, 0.2) is 11.5 Å². The summed E-state index contributed by atoms with van der Waals surface area (Å²) < 4.78 is 10.2. The number of hydrogen-bond acceptors (Lipinski definition) is 5. The number of carbonyl (C=O) groups is 1. The second kappa shape index (κ2) is 6.83. The van der Waals surface area contributed by atoms with Gasteiger partial charge in [0.25, 0.3) is 5.91 Å². The number of hydrogen-bond donors (Lipinski definition) is 2. The Morgan fingerprint density at radius 2 is 2.22 bits per heavy atom. The Morgan fingerprint density at radius 1 is 1.39 bits per heavy atom. The van der Waals surface area contributed by atoms with E-state index in [9.17, 15) is 4.79 Å².